The molecule has 7 nitrogen and oxygen atoms in total. The van der Waals surface area contributed by atoms with Crippen molar-refractivity contribution < 1.29 is 24.9 Å². The lowest BCUT2D eigenvalue weighted by atomic mass is 9.86. The Labute approximate surface area is 118 Å². The van der Waals surface area contributed by atoms with Gasteiger partial charge in [0.2, 0.25) is 17.0 Å². The van der Waals surface area contributed by atoms with Crippen LogP contribution in [0.4, 0.5) is 0 Å². The molecule has 0 aliphatic carbocycles. The second-order valence-corrected chi connectivity index (χ2v) is 6.56. The lowest BCUT2D eigenvalue weighted by Crippen LogP contribution is -2.52. The first-order valence-corrected chi connectivity index (χ1v) is 6.75. The number of nitroso groups, excluding NO2 is 1. The van der Waals surface area contributed by atoms with Gasteiger partial charge in [0.15, 0.2) is 0 Å². The Hall–Kier alpha value is -1.05. The van der Waals surface area contributed by atoms with Crippen LogP contribution in [0.1, 0.15) is 34.1 Å². The lowest BCUT2D eigenvalue weighted by molar-refractivity contribution is -0.660. The fourth-order valence-corrected chi connectivity index (χ4v) is 2.84. The van der Waals surface area contributed by atoms with Crippen LogP contribution in [0, 0.1) is 10.8 Å². The zero-order valence-corrected chi connectivity index (χ0v) is 12.5. The van der Waals surface area contributed by atoms with Crippen molar-refractivity contribution in [3.63, 3.8) is 0 Å². The average molecular weight is 289 g/mol. The Morgan fingerprint density at radius 2 is 1.85 bits per heavy atom. The summed E-state index contributed by atoms with van der Waals surface area (Å²) >= 11 is 0. The molecule has 0 aromatic carbocycles. The average Bonchev–Trinajstić information content (AvgIpc) is 2.55. The topological polar surface area (TPSA) is 110 Å². The minimum Gasteiger partial charge on any atom is -0.394 e. The molecule has 1 fully saturated rings. The number of nitrogens with one attached hydrogen (secondary N) is 1. The van der Waals surface area contributed by atoms with Crippen LogP contribution in [0.2, 0.25) is 0 Å². The first-order chi connectivity index (χ1) is 9.07. The molecular weight excluding hydrogens is 264 g/mol. The zero-order valence-electron chi connectivity index (χ0n) is 12.5. The second-order valence-electron chi connectivity index (χ2n) is 6.56. The van der Waals surface area contributed by atoms with E-state index in [1.807, 2.05) is 0 Å². The summed E-state index contributed by atoms with van der Waals surface area (Å²) in [6, 6.07) is -0.938. The van der Waals surface area contributed by atoms with Crippen molar-refractivity contribution >= 4 is 5.91 Å². The van der Waals surface area contributed by atoms with Crippen LogP contribution in [0.3, 0.4) is 0 Å². The molecule has 1 amide bonds. The maximum atomic E-state index is 12.3. The number of hydrogen-bond acceptors (Lipinski definition) is 5. The highest BCUT2D eigenvalue weighted by Crippen LogP contribution is 2.41. The summed E-state index contributed by atoms with van der Waals surface area (Å²) in [5, 5.41) is 30.0. The second kappa shape index (κ2) is 5.75. The molecule has 1 rings (SSSR count). The van der Waals surface area contributed by atoms with Gasteiger partial charge in [0.1, 0.15) is 5.92 Å². The number of carbonyl (C=O) groups excluding carboxylic acids is 1. The number of aliphatic hydroxyl groups is 3. The first-order valence-electron chi connectivity index (χ1n) is 6.75. The van der Waals surface area contributed by atoms with E-state index in [1.165, 1.54) is 0 Å². The molecule has 0 radical (unpaired) electrons. The smallest absolute Gasteiger partial charge is 0.230 e. The van der Waals surface area contributed by atoms with Crippen LogP contribution >= 0.6 is 0 Å². The molecule has 3 atom stereocenters. The summed E-state index contributed by atoms with van der Waals surface area (Å²) in [7, 11) is 0. The first kappa shape index (κ1) is 17.0. The normalized spacial score (nSPS) is 27.1. The van der Waals surface area contributed by atoms with E-state index in [0.717, 1.165) is 4.76 Å². The fourth-order valence-electron chi connectivity index (χ4n) is 2.84. The van der Waals surface area contributed by atoms with Crippen molar-refractivity contribution in [1.29, 1.82) is 0 Å². The summed E-state index contributed by atoms with van der Waals surface area (Å²) in [4.78, 5) is 24.5. The van der Waals surface area contributed by atoms with Gasteiger partial charge in [0.25, 0.3) is 0 Å². The van der Waals surface area contributed by atoms with Crippen molar-refractivity contribution in [2.75, 3.05) is 13.2 Å². The van der Waals surface area contributed by atoms with E-state index in [2.05, 4.69) is 5.32 Å². The molecule has 0 bridgehead atoms. The standard InChI is InChI=1S/C13H24N2O5/c1-12(2)5-8(13(3,4)15(12)20)11(19)14-9(6-16)10(18)7-17/h8-10,16-18H,5-7H2,1-4H3/p+1. The van der Waals surface area contributed by atoms with Gasteiger partial charge in [-0.25, -0.2) is 0 Å². The van der Waals surface area contributed by atoms with E-state index in [0.29, 0.717) is 6.42 Å². The van der Waals surface area contributed by atoms with Gasteiger partial charge >= 0.3 is 0 Å². The third kappa shape index (κ3) is 2.99. The predicted molar refractivity (Wildman–Crippen MR) is 72.0 cm³/mol. The zero-order chi connectivity index (χ0) is 15.7. The van der Waals surface area contributed by atoms with Crippen LogP contribution < -0.4 is 5.32 Å². The van der Waals surface area contributed by atoms with Gasteiger partial charge in [-0.15, -0.1) is 0 Å². The number of hydrogen-bond donors (Lipinski definition) is 4. The number of amides is 1. The summed E-state index contributed by atoms with van der Waals surface area (Å²) in [5.41, 5.74) is -1.51. The highest BCUT2D eigenvalue weighted by molar-refractivity contribution is 5.80. The predicted octanol–water partition coefficient (Wildman–Crippen LogP) is -0.827. The fraction of sp³-hybridized carbons (Fsp3) is 0.923. The molecule has 1 aliphatic heterocycles. The van der Waals surface area contributed by atoms with E-state index < -0.39 is 48.3 Å². The molecule has 20 heavy (non-hydrogen) atoms. The van der Waals surface area contributed by atoms with E-state index in [4.69, 9.17) is 10.2 Å². The highest BCUT2D eigenvalue weighted by atomic mass is 16.3. The van der Waals surface area contributed by atoms with Gasteiger partial charge in [-0.2, -0.15) is 0 Å². The van der Waals surface area contributed by atoms with Gasteiger partial charge < -0.3 is 20.6 Å². The molecule has 7 heteroatoms. The Morgan fingerprint density at radius 1 is 1.30 bits per heavy atom. The van der Waals surface area contributed by atoms with Crippen LogP contribution in [0.5, 0.6) is 0 Å². The molecule has 4 N–H and O–H groups in total. The van der Waals surface area contributed by atoms with E-state index in [-0.39, 0.29) is 0 Å². The number of carbonyl (C=O) groups is 1. The Bertz CT molecular complexity index is 394. The monoisotopic (exact) mass is 289 g/mol. The molecule has 116 valence electrons. The largest absolute Gasteiger partial charge is 0.394 e. The lowest BCUT2D eigenvalue weighted by Gasteiger charge is -2.24. The highest BCUT2D eigenvalue weighted by Gasteiger charge is 2.63. The van der Waals surface area contributed by atoms with Crippen molar-refractivity contribution in [3.05, 3.63) is 4.91 Å². The molecule has 0 aromatic heterocycles. The van der Waals surface area contributed by atoms with Crippen molar-refractivity contribution in [2.24, 2.45) is 5.92 Å². The Morgan fingerprint density at radius 3 is 2.20 bits per heavy atom. The van der Waals surface area contributed by atoms with Gasteiger partial charge in [-0.1, -0.05) is 0 Å². The van der Waals surface area contributed by atoms with E-state index in [1.54, 1.807) is 27.7 Å². The van der Waals surface area contributed by atoms with Gasteiger partial charge in [0.05, 0.1) is 25.4 Å². The molecule has 1 aliphatic rings. The van der Waals surface area contributed by atoms with Crippen LogP contribution in [-0.2, 0) is 4.79 Å². The van der Waals surface area contributed by atoms with Crippen LogP contribution in [0.25, 0.3) is 0 Å². The number of nitrogens with zero attached hydrogens (tertiary/aromatic N) is 1. The summed E-state index contributed by atoms with van der Waals surface area (Å²) in [6.07, 6.45) is -0.840. The van der Waals surface area contributed by atoms with E-state index in [9.17, 15) is 14.8 Å². The number of rotatable bonds is 5. The summed E-state index contributed by atoms with van der Waals surface area (Å²) in [5.74, 6) is -0.942. The van der Waals surface area contributed by atoms with Gasteiger partial charge in [0, 0.05) is 43.8 Å². The molecule has 3 unspecified atom stereocenters. The number of aliphatic hydroxyl groups excluding tert-OH is 3. The molecule has 1 heterocycles. The third-order valence-electron chi connectivity index (χ3n) is 4.12. The van der Waals surface area contributed by atoms with Gasteiger partial charge in [-0.3, -0.25) is 4.79 Å². The van der Waals surface area contributed by atoms with Crippen LogP contribution in [-0.4, -0.2) is 62.4 Å². The quantitative estimate of drug-likeness (QED) is 0.494. The molecule has 0 spiro atoms. The molecule has 0 saturated carbocycles. The van der Waals surface area contributed by atoms with Gasteiger partial charge in [-0.05, 0) is 0 Å². The molecule has 0 aromatic rings. The van der Waals surface area contributed by atoms with Crippen molar-refractivity contribution in [1.82, 2.24) is 5.32 Å². The van der Waals surface area contributed by atoms with Crippen molar-refractivity contribution in [3.8, 4) is 0 Å². The minimum atomic E-state index is -1.23. The summed E-state index contributed by atoms with van der Waals surface area (Å²) in [6.45, 7) is 5.93. The Kier molecular flexibility index (Phi) is 4.89. The Balaban J connectivity index is 2.85. The van der Waals surface area contributed by atoms with Crippen molar-refractivity contribution in [2.45, 2.75) is 57.3 Å². The third-order valence-corrected chi connectivity index (χ3v) is 4.12. The minimum absolute atomic E-state index is 0.392. The maximum Gasteiger partial charge on any atom is 0.230 e. The summed E-state index contributed by atoms with van der Waals surface area (Å²) < 4.78 is 0.931. The molecular formula is C13H25N2O5+. The SMILES string of the molecule is CC1(C)CC(C(=O)NC(CO)C(O)CO)C(C)(C)[N+]1=O. The molecule has 1 saturated heterocycles. The maximum absolute atomic E-state index is 12.3. The van der Waals surface area contributed by atoms with Crippen LogP contribution in [0.15, 0.2) is 0 Å². The van der Waals surface area contributed by atoms with E-state index >= 15 is 0 Å².